The second kappa shape index (κ2) is 7.75. The minimum atomic E-state index is -0.872. The lowest BCUT2D eigenvalue weighted by Gasteiger charge is -2.26. The summed E-state index contributed by atoms with van der Waals surface area (Å²) < 4.78 is 9.75. The van der Waals surface area contributed by atoms with Gasteiger partial charge in [0.1, 0.15) is 11.3 Å². The van der Waals surface area contributed by atoms with E-state index in [0.717, 1.165) is 4.90 Å². The number of methoxy groups -OCH3 is 2. The number of carbonyl (C=O) groups is 4. The Morgan fingerprint density at radius 3 is 2.39 bits per heavy atom. The Kier molecular flexibility index (Phi) is 5.21. The predicted octanol–water partition coefficient (Wildman–Crippen LogP) is 2.15. The molecule has 142 valence electrons. The molecular formula is C20H16N2O6. The van der Waals surface area contributed by atoms with Crippen molar-refractivity contribution < 1.29 is 28.7 Å². The van der Waals surface area contributed by atoms with E-state index in [4.69, 9.17) is 4.74 Å². The standard InChI is InChI=1S/C20H16N2O6/c1-27-15-5-3-4-12(10-15)11-16-17(23)21-20(26)22(18(16)24)14-8-6-13(7-9-14)19(25)28-2/h3-11H,1-2H3,(H,21,23,26)/b16-11-. The summed E-state index contributed by atoms with van der Waals surface area (Å²) in [5.41, 5.74) is 0.830. The van der Waals surface area contributed by atoms with Gasteiger partial charge in [0.25, 0.3) is 11.8 Å². The zero-order valence-electron chi connectivity index (χ0n) is 15.1. The number of amides is 4. The highest BCUT2D eigenvalue weighted by atomic mass is 16.5. The van der Waals surface area contributed by atoms with Gasteiger partial charge in [-0.15, -0.1) is 0 Å². The van der Waals surface area contributed by atoms with Gasteiger partial charge in [-0.2, -0.15) is 0 Å². The van der Waals surface area contributed by atoms with Crippen molar-refractivity contribution in [2.75, 3.05) is 19.1 Å². The Bertz CT molecular complexity index is 994. The van der Waals surface area contributed by atoms with Crippen molar-refractivity contribution in [3.8, 4) is 5.75 Å². The first-order valence-electron chi connectivity index (χ1n) is 8.18. The molecule has 1 aliphatic rings. The summed E-state index contributed by atoms with van der Waals surface area (Å²) in [5.74, 6) is -1.55. The molecule has 8 heteroatoms. The molecule has 2 aromatic carbocycles. The van der Waals surface area contributed by atoms with Crippen LogP contribution in [0.4, 0.5) is 10.5 Å². The van der Waals surface area contributed by atoms with E-state index in [0.29, 0.717) is 11.3 Å². The molecule has 0 saturated carbocycles. The van der Waals surface area contributed by atoms with E-state index >= 15 is 0 Å². The smallest absolute Gasteiger partial charge is 0.337 e. The monoisotopic (exact) mass is 380 g/mol. The first kappa shape index (κ1) is 18.8. The second-order valence-electron chi connectivity index (χ2n) is 5.77. The van der Waals surface area contributed by atoms with Gasteiger partial charge in [0.2, 0.25) is 0 Å². The molecule has 0 atom stereocenters. The highest BCUT2D eigenvalue weighted by Gasteiger charge is 2.36. The number of ether oxygens (including phenoxy) is 2. The summed E-state index contributed by atoms with van der Waals surface area (Å²) in [5, 5.41) is 2.14. The fourth-order valence-electron chi connectivity index (χ4n) is 2.65. The van der Waals surface area contributed by atoms with E-state index < -0.39 is 23.8 Å². The quantitative estimate of drug-likeness (QED) is 0.495. The third kappa shape index (κ3) is 3.61. The number of hydrogen-bond acceptors (Lipinski definition) is 6. The van der Waals surface area contributed by atoms with Gasteiger partial charge in [0.05, 0.1) is 25.5 Å². The van der Waals surface area contributed by atoms with Crippen LogP contribution in [0.25, 0.3) is 6.08 Å². The van der Waals surface area contributed by atoms with E-state index in [2.05, 4.69) is 10.1 Å². The molecule has 0 radical (unpaired) electrons. The van der Waals surface area contributed by atoms with Crippen molar-refractivity contribution in [3.05, 3.63) is 65.2 Å². The number of barbiturate groups is 1. The summed E-state index contributed by atoms with van der Waals surface area (Å²) >= 11 is 0. The number of hydrogen-bond donors (Lipinski definition) is 1. The summed E-state index contributed by atoms with van der Waals surface area (Å²) in [6.45, 7) is 0. The number of carbonyl (C=O) groups excluding carboxylic acids is 4. The number of nitrogens with zero attached hydrogens (tertiary/aromatic N) is 1. The zero-order valence-corrected chi connectivity index (χ0v) is 15.1. The van der Waals surface area contributed by atoms with Gasteiger partial charge < -0.3 is 9.47 Å². The molecule has 1 heterocycles. The normalized spacial score (nSPS) is 15.4. The number of nitrogens with one attached hydrogen (secondary N) is 1. The first-order valence-corrected chi connectivity index (χ1v) is 8.18. The van der Waals surface area contributed by atoms with Crippen LogP contribution in [0.2, 0.25) is 0 Å². The minimum absolute atomic E-state index is 0.204. The van der Waals surface area contributed by atoms with E-state index in [1.807, 2.05) is 0 Å². The summed E-state index contributed by atoms with van der Waals surface area (Å²) in [6, 6.07) is 11.6. The lowest BCUT2D eigenvalue weighted by Crippen LogP contribution is -2.54. The maximum atomic E-state index is 12.8. The van der Waals surface area contributed by atoms with Crippen molar-refractivity contribution >= 4 is 35.6 Å². The molecule has 0 aliphatic carbocycles. The summed E-state index contributed by atoms with van der Waals surface area (Å²) in [6.07, 6.45) is 1.38. The number of imide groups is 2. The molecule has 0 spiro atoms. The Morgan fingerprint density at radius 2 is 1.75 bits per heavy atom. The molecule has 28 heavy (non-hydrogen) atoms. The molecule has 2 aromatic rings. The molecule has 1 fully saturated rings. The van der Waals surface area contributed by atoms with Crippen LogP contribution in [0.15, 0.2) is 54.1 Å². The largest absolute Gasteiger partial charge is 0.497 e. The lowest BCUT2D eigenvalue weighted by molar-refractivity contribution is -0.122. The molecule has 3 rings (SSSR count). The van der Waals surface area contributed by atoms with Crippen LogP contribution >= 0.6 is 0 Å². The fraction of sp³-hybridized carbons (Fsp3) is 0.100. The third-order valence-corrected chi connectivity index (χ3v) is 4.05. The van der Waals surface area contributed by atoms with Crippen LogP contribution in [0.1, 0.15) is 15.9 Å². The number of anilines is 1. The molecule has 4 amide bonds. The van der Waals surface area contributed by atoms with Crippen LogP contribution in [0, 0.1) is 0 Å². The first-order chi connectivity index (χ1) is 13.4. The molecular weight excluding hydrogens is 364 g/mol. The van der Waals surface area contributed by atoms with Crippen LogP contribution in [0.5, 0.6) is 5.75 Å². The van der Waals surface area contributed by atoms with Gasteiger partial charge in [-0.05, 0) is 48.0 Å². The molecule has 8 nitrogen and oxygen atoms in total. The van der Waals surface area contributed by atoms with Crippen molar-refractivity contribution in [3.63, 3.8) is 0 Å². The molecule has 1 N–H and O–H groups in total. The van der Waals surface area contributed by atoms with Gasteiger partial charge >= 0.3 is 12.0 Å². The van der Waals surface area contributed by atoms with Crippen molar-refractivity contribution in [1.29, 1.82) is 0 Å². The molecule has 0 bridgehead atoms. The fourth-order valence-corrected chi connectivity index (χ4v) is 2.65. The lowest BCUT2D eigenvalue weighted by atomic mass is 10.1. The average Bonchev–Trinajstić information content (AvgIpc) is 2.71. The summed E-state index contributed by atoms with van der Waals surface area (Å²) in [4.78, 5) is 49.6. The second-order valence-corrected chi connectivity index (χ2v) is 5.77. The average molecular weight is 380 g/mol. The Hall–Kier alpha value is -3.94. The maximum absolute atomic E-state index is 12.8. The van der Waals surface area contributed by atoms with Crippen LogP contribution < -0.4 is 15.0 Å². The number of esters is 1. The molecule has 1 aliphatic heterocycles. The Balaban J connectivity index is 1.95. The van der Waals surface area contributed by atoms with Gasteiger partial charge in [-0.3, -0.25) is 14.9 Å². The van der Waals surface area contributed by atoms with Crippen molar-refractivity contribution in [2.24, 2.45) is 0 Å². The topological polar surface area (TPSA) is 102 Å². The van der Waals surface area contributed by atoms with Gasteiger partial charge in [0, 0.05) is 0 Å². The third-order valence-electron chi connectivity index (χ3n) is 4.05. The van der Waals surface area contributed by atoms with E-state index in [-0.39, 0.29) is 16.8 Å². The highest BCUT2D eigenvalue weighted by molar-refractivity contribution is 6.39. The zero-order chi connectivity index (χ0) is 20.3. The number of urea groups is 1. The van der Waals surface area contributed by atoms with Crippen molar-refractivity contribution in [1.82, 2.24) is 5.32 Å². The number of benzene rings is 2. The SMILES string of the molecule is COC(=O)c1ccc(N2C(=O)NC(=O)/C(=C/c3cccc(OC)c3)C2=O)cc1. The van der Waals surface area contributed by atoms with E-state index in [9.17, 15) is 19.2 Å². The highest BCUT2D eigenvalue weighted by Crippen LogP contribution is 2.23. The minimum Gasteiger partial charge on any atom is -0.497 e. The molecule has 0 unspecified atom stereocenters. The van der Waals surface area contributed by atoms with Gasteiger partial charge in [0.15, 0.2) is 0 Å². The van der Waals surface area contributed by atoms with Crippen LogP contribution in [0.3, 0.4) is 0 Å². The van der Waals surface area contributed by atoms with Crippen LogP contribution in [-0.2, 0) is 14.3 Å². The Morgan fingerprint density at radius 1 is 1.04 bits per heavy atom. The Labute approximate surface area is 160 Å². The molecule has 1 saturated heterocycles. The summed E-state index contributed by atoms with van der Waals surface area (Å²) in [7, 11) is 2.75. The van der Waals surface area contributed by atoms with Crippen LogP contribution in [-0.4, -0.2) is 38.0 Å². The van der Waals surface area contributed by atoms with E-state index in [1.165, 1.54) is 44.6 Å². The van der Waals surface area contributed by atoms with Gasteiger partial charge in [-0.1, -0.05) is 12.1 Å². The van der Waals surface area contributed by atoms with Crippen molar-refractivity contribution in [2.45, 2.75) is 0 Å². The maximum Gasteiger partial charge on any atom is 0.337 e. The predicted molar refractivity (Wildman–Crippen MR) is 99.8 cm³/mol. The van der Waals surface area contributed by atoms with E-state index in [1.54, 1.807) is 24.3 Å². The van der Waals surface area contributed by atoms with Gasteiger partial charge in [-0.25, -0.2) is 14.5 Å². The molecule has 0 aromatic heterocycles. The number of rotatable bonds is 4.